The lowest BCUT2D eigenvalue weighted by Crippen LogP contribution is -2.45. The Morgan fingerprint density at radius 2 is 2.18 bits per heavy atom. The van der Waals surface area contributed by atoms with Crippen molar-refractivity contribution in [2.45, 2.75) is 63.8 Å². The second-order valence-electron chi connectivity index (χ2n) is 5.53. The number of likely N-dealkylation sites (N-methyl/N-ethyl adjacent to an activating group) is 1. The summed E-state index contributed by atoms with van der Waals surface area (Å²) < 4.78 is 5.54. The van der Waals surface area contributed by atoms with Crippen molar-refractivity contribution in [3.8, 4) is 0 Å². The number of nitrogens with zero attached hydrogens (tertiary/aromatic N) is 1. The summed E-state index contributed by atoms with van der Waals surface area (Å²) in [7, 11) is 2.05. The lowest BCUT2D eigenvalue weighted by molar-refractivity contribution is -0.157. The van der Waals surface area contributed by atoms with Crippen LogP contribution in [0, 0.1) is 5.92 Å². The molecular formula is C13H23NO3. The Kier molecular flexibility index (Phi) is 3.73. The van der Waals surface area contributed by atoms with Gasteiger partial charge in [0.05, 0.1) is 12.0 Å². The molecule has 2 bridgehead atoms. The van der Waals surface area contributed by atoms with Crippen LogP contribution in [0.15, 0.2) is 0 Å². The van der Waals surface area contributed by atoms with E-state index in [9.17, 15) is 9.90 Å². The highest BCUT2D eigenvalue weighted by atomic mass is 16.5. The van der Waals surface area contributed by atoms with Crippen molar-refractivity contribution in [1.82, 2.24) is 4.90 Å². The second kappa shape index (κ2) is 4.94. The van der Waals surface area contributed by atoms with E-state index in [1.807, 2.05) is 13.8 Å². The van der Waals surface area contributed by atoms with Crippen molar-refractivity contribution >= 4 is 5.97 Å². The first-order valence-electron chi connectivity index (χ1n) is 6.63. The zero-order valence-electron chi connectivity index (χ0n) is 10.9. The number of aliphatic hydroxyl groups excluding tert-OH is 1. The average molecular weight is 241 g/mol. The van der Waals surface area contributed by atoms with E-state index in [1.54, 1.807) is 0 Å². The minimum Gasteiger partial charge on any atom is -0.462 e. The number of hydrogen-bond acceptors (Lipinski definition) is 4. The zero-order chi connectivity index (χ0) is 12.6. The van der Waals surface area contributed by atoms with Gasteiger partial charge in [-0.25, -0.2) is 0 Å². The van der Waals surface area contributed by atoms with Crippen LogP contribution in [-0.2, 0) is 9.53 Å². The van der Waals surface area contributed by atoms with E-state index in [0.29, 0.717) is 6.04 Å². The van der Waals surface area contributed by atoms with Crippen molar-refractivity contribution < 1.29 is 14.6 Å². The molecule has 0 spiro atoms. The van der Waals surface area contributed by atoms with Crippen LogP contribution in [0.5, 0.6) is 0 Å². The average Bonchev–Trinajstić information content (AvgIpc) is 2.49. The fraction of sp³-hybridized carbons (Fsp3) is 0.923. The van der Waals surface area contributed by atoms with E-state index in [-0.39, 0.29) is 30.1 Å². The summed E-state index contributed by atoms with van der Waals surface area (Å²) in [5, 5.41) is 9.89. The first-order valence-corrected chi connectivity index (χ1v) is 6.63. The molecule has 2 rings (SSSR count). The van der Waals surface area contributed by atoms with Crippen molar-refractivity contribution in [1.29, 1.82) is 0 Å². The summed E-state index contributed by atoms with van der Waals surface area (Å²) in [6, 6.07) is 0.543. The lowest BCUT2D eigenvalue weighted by Gasteiger charge is -2.36. The molecule has 2 aliphatic rings. The third-order valence-electron chi connectivity index (χ3n) is 4.39. The fourth-order valence-electron chi connectivity index (χ4n) is 2.94. The van der Waals surface area contributed by atoms with Gasteiger partial charge >= 0.3 is 5.97 Å². The number of fused-ring (bicyclic) bond motifs is 2. The van der Waals surface area contributed by atoms with Crippen LogP contribution in [0.1, 0.15) is 39.5 Å². The van der Waals surface area contributed by atoms with Gasteiger partial charge in [0.2, 0.25) is 0 Å². The van der Waals surface area contributed by atoms with Crippen LogP contribution in [-0.4, -0.2) is 47.3 Å². The Bertz CT molecular complexity index is 294. The SMILES string of the molecule is CCC(C)C(=O)OC1C[C@@H]2CC(O)[C@H](C1)N2C. The zero-order valence-corrected chi connectivity index (χ0v) is 10.9. The first kappa shape index (κ1) is 12.8. The maximum Gasteiger partial charge on any atom is 0.308 e. The van der Waals surface area contributed by atoms with Gasteiger partial charge in [-0.05, 0) is 19.9 Å². The van der Waals surface area contributed by atoms with E-state index >= 15 is 0 Å². The minimum atomic E-state index is -0.252. The Morgan fingerprint density at radius 1 is 1.47 bits per heavy atom. The summed E-state index contributed by atoms with van der Waals surface area (Å²) >= 11 is 0. The normalized spacial score (nSPS) is 39.1. The van der Waals surface area contributed by atoms with Gasteiger partial charge in [-0.1, -0.05) is 13.8 Å². The van der Waals surface area contributed by atoms with E-state index in [4.69, 9.17) is 4.74 Å². The maximum atomic E-state index is 11.7. The summed E-state index contributed by atoms with van der Waals surface area (Å²) in [5.74, 6) is -0.104. The van der Waals surface area contributed by atoms with Crippen LogP contribution >= 0.6 is 0 Å². The molecule has 2 saturated heterocycles. The molecule has 2 aliphatic heterocycles. The number of ether oxygens (including phenoxy) is 1. The molecule has 0 amide bonds. The molecule has 98 valence electrons. The summed E-state index contributed by atoms with van der Waals surface area (Å²) in [4.78, 5) is 14.0. The van der Waals surface area contributed by atoms with Crippen LogP contribution in [0.4, 0.5) is 0 Å². The monoisotopic (exact) mass is 241 g/mol. The molecule has 0 radical (unpaired) electrons. The van der Waals surface area contributed by atoms with Crippen molar-refractivity contribution in [2.24, 2.45) is 5.92 Å². The molecule has 4 nitrogen and oxygen atoms in total. The number of aliphatic hydroxyl groups is 1. The summed E-state index contributed by atoms with van der Waals surface area (Å²) in [5.41, 5.74) is 0. The highest BCUT2D eigenvalue weighted by Gasteiger charge is 2.45. The highest BCUT2D eigenvalue weighted by Crippen LogP contribution is 2.36. The number of piperidine rings is 1. The van der Waals surface area contributed by atoms with E-state index in [2.05, 4.69) is 11.9 Å². The predicted molar refractivity (Wildman–Crippen MR) is 64.5 cm³/mol. The third-order valence-corrected chi connectivity index (χ3v) is 4.39. The molecule has 4 heteroatoms. The lowest BCUT2D eigenvalue weighted by atomic mass is 10.00. The van der Waals surface area contributed by atoms with Crippen LogP contribution < -0.4 is 0 Å². The topological polar surface area (TPSA) is 49.8 Å². The number of carbonyl (C=O) groups excluding carboxylic acids is 1. The molecule has 1 N–H and O–H groups in total. The van der Waals surface area contributed by atoms with E-state index in [0.717, 1.165) is 25.7 Å². The van der Waals surface area contributed by atoms with Gasteiger partial charge in [0.25, 0.3) is 0 Å². The van der Waals surface area contributed by atoms with Crippen molar-refractivity contribution in [3.05, 3.63) is 0 Å². The van der Waals surface area contributed by atoms with Crippen LogP contribution in [0.2, 0.25) is 0 Å². The highest BCUT2D eigenvalue weighted by molar-refractivity contribution is 5.72. The maximum absolute atomic E-state index is 11.7. The largest absolute Gasteiger partial charge is 0.462 e. The Hall–Kier alpha value is -0.610. The van der Waals surface area contributed by atoms with Gasteiger partial charge in [-0.3, -0.25) is 9.69 Å². The minimum absolute atomic E-state index is 0.000139. The summed E-state index contributed by atoms with van der Waals surface area (Å²) in [6.45, 7) is 3.90. The van der Waals surface area contributed by atoms with Gasteiger partial charge in [-0.15, -0.1) is 0 Å². The molecule has 2 heterocycles. The number of esters is 1. The molecule has 17 heavy (non-hydrogen) atoms. The van der Waals surface area contributed by atoms with Gasteiger partial charge in [0.1, 0.15) is 6.10 Å². The van der Waals surface area contributed by atoms with Crippen LogP contribution in [0.25, 0.3) is 0 Å². The fourth-order valence-corrected chi connectivity index (χ4v) is 2.94. The molecule has 0 aliphatic carbocycles. The molecular weight excluding hydrogens is 218 g/mol. The Morgan fingerprint density at radius 3 is 2.76 bits per heavy atom. The van der Waals surface area contributed by atoms with Gasteiger partial charge < -0.3 is 9.84 Å². The van der Waals surface area contributed by atoms with Crippen molar-refractivity contribution in [2.75, 3.05) is 7.05 Å². The first-order chi connectivity index (χ1) is 8.02. The van der Waals surface area contributed by atoms with E-state index < -0.39 is 0 Å². The molecule has 3 unspecified atom stereocenters. The number of rotatable bonds is 3. The Labute approximate surface area is 103 Å². The number of hydrogen-bond donors (Lipinski definition) is 1. The van der Waals surface area contributed by atoms with Gasteiger partial charge in [0, 0.05) is 24.9 Å². The van der Waals surface area contributed by atoms with Gasteiger partial charge in [-0.2, -0.15) is 0 Å². The second-order valence-corrected chi connectivity index (χ2v) is 5.53. The molecule has 0 aromatic heterocycles. The smallest absolute Gasteiger partial charge is 0.308 e. The third kappa shape index (κ3) is 2.47. The standard InChI is InChI=1S/C13H23NO3/c1-4-8(2)13(16)17-10-5-9-6-12(15)11(7-10)14(9)3/h8-12,15H,4-7H2,1-3H3/t8?,9-,10?,11+,12?/m1/s1. The molecule has 0 aromatic carbocycles. The summed E-state index contributed by atoms with van der Waals surface area (Å²) in [6.07, 6.45) is 3.03. The molecule has 2 fully saturated rings. The van der Waals surface area contributed by atoms with E-state index in [1.165, 1.54) is 0 Å². The predicted octanol–water partition coefficient (Wildman–Crippen LogP) is 1.17. The van der Waals surface area contributed by atoms with Gasteiger partial charge in [0.15, 0.2) is 0 Å². The van der Waals surface area contributed by atoms with Crippen LogP contribution in [0.3, 0.4) is 0 Å². The molecule has 5 atom stereocenters. The molecule has 0 aromatic rings. The number of carbonyl (C=O) groups is 1. The quantitative estimate of drug-likeness (QED) is 0.754. The Balaban J connectivity index is 1.91. The van der Waals surface area contributed by atoms with Crippen molar-refractivity contribution in [3.63, 3.8) is 0 Å². The molecule has 0 saturated carbocycles.